The molecule has 0 saturated carbocycles. The summed E-state index contributed by atoms with van der Waals surface area (Å²) < 4.78 is 1.70. The van der Waals surface area contributed by atoms with Gasteiger partial charge in [0.05, 0.1) is 0 Å². The van der Waals surface area contributed by atoms with Crippen LogP contribution in [0.3, 0.4) is 0 Å². The molecule has 0 N–H and O–H groups in total. The maximum atomic E-state index is 12.5. The Labute approximate surface area is 99.0 Å². The highest BCUT2D eigenvalue weighted by atomic mass is 16.2. The molecule has 1 saturated heterocycles. The topological polar surface area (TPSA) is 55.2 Å². The lowest BCUT2D eigenvalue weighted by Crippen LogP contribution is -2.53. The Morgan fingerprint density at radius 2 is 1.94 bits per heavy atom. The number of imidazole rings is 1. The van der Waals surface area contributed by atoms with Crippen molar-refractivity contribution in [2.24, 2.45) is 7.05 Å². The minimum absolute atomic E-state index is 0.0670. The molecule has 1 fully saturated rings. The first-order chi connectivity index (χ1) is 7.91. The lowest BCUT2D eigenvalue weighted by atomic mass is 10.3. The largest absolute Gasteiger partial charge is 0.433 e. The van der Waals surface area contributed by atoms with Crippen LogP contribution in [0.4, 0.5) is 10.6 Å². The van der Waals surface area contributed by atoms with Crippen LogP contribution < -0.4 is 4.90 Å². The zero-order valence-electron chi connectivity index (χ0n) is 10.4. The van der Waals surface area contributed by atoms with E-state index in [0.717, 1.165) is 5.82 Å². The van der Waals surface area contributed by atoms with E-state index in [4.69, 9.17) is 0 Å². The van der Waals surface area contributed by atoms with E-state index in [1.807, 2.05) is 20.9 Å². The van der Waals surface area contributed by atoms with Gasteiger partial charge in [-0.1, -0.05) is 0 Å². The van der Waals surface area contributed by atoms with Crippen molar-refractivity contribution in [3.8, 4) is 0 Å². The number of carbonyl (C=O) groups is 2. The molecule has 3 rings (SSSR count). The van der Waals surface area contributed by atoms with Gasteiger partial charge in [-0.2, -0.15) is 4.48 Å². The third-order valence-electron chi connectivity index (χ3n) is 3.98. The highest BCUT2D eigenvalue weighted by Crippen LogP contribution is 2.41. The number of hydrogen-bond donors (Lipinski definition) is 0. The maximum Gasteiger partial charge on any atom is 0.433 e. The molecule has 0 bridgehead atoms. The Balaban J connectivity index is 2.26. The molecule has 6 nitrogen and oxygen atoms in total. The molecule has 0 radical (unpaired) electrons. The van der Waals surface area contributed by atoms with Gasteiger partial charge < -0.3 is 4.57 Å². The summed E-state index contributed by atoms with van der Waals surface area (Å²) in [4.78, 5) is 30.5. The zero-order chi connectivity index (χ0) is 12.5. The van der Waals surface area contributed by atoms with Crippen LogP contribution >= 0.6 is 0 Å². The van der Waals surface area contributed by atoms with Crippen LogP contribution in [0.1, 0.15) is 23.2 Å². The highest BCUT2D eigenvalue weighted by molar-refractivity contribution is 6.09. The van der Waals surface area contributed by atoms with Crippen molar-refractivity contribution < 1.29 is 14.1 Å². The minimum Gasteiger partial charge on any atom is -0.322 e. The molecule has 1 spiro atoms. The standard InChI is InChI=1S/C11H15N4O2/c1-6-5-15(6)10(16)8-9(14(4)11(15)17)12-7(2)13(8)3/h6H,5H2,1-4H3/q+1. The van der Waals surface area contributed by atoms with Crippen molar-refractivity contribution in [1.82, 2.24) is 9.55 Å². The van der Waals surface area contributed by atoms with E-state index in [-0.39, 0.29) is 22.5 Å². The lowest BCUT2D eigenvalue weighted by Gasteiger charge is -2.26. The number of rotatable bonds is 0. The number of amides is 3. The number of urea groups is 1. The first-order valence-electron chi connectivity index (χ1n) is 5.65. The molecule has 2 aliphatic rings. The van der Waals surface area contributed by atoms with E-state index >= 15 is 0 Å². The summed E-state index contributed by atoms with van der Waals surface area (Å²) in [7, 11) is 3.50. The third kappa shape index (κ3) is 0.969. The van der Waals surface area contributed by atoms with Crippen LogP contribution in [0, 0.1) is 6.92 Å². The van der Waals surface area contributed by atoms with Crippen LogP contribution in [0.5, 0.6) is 0 Å². The highest BCUT2D eigenvalue weighted by Gasteiger charge is 2.69. The monoisotopic (exact) mass is 235 g/mol. The van der Waals surface area contributed by atoms with Crippen LogP contribution in [0.2, 0.25) is 0 Å². The van der Waals surface area contributed by atoms with Gasteiger partial charge in [-0.05, 0) is 13.8 Å². The number of anilines is 1. The number of hydrogen-bond acceptors (Lipinski definition) is 3. The number of fused-ring (bicyclic) bond motifs is 1. The molecular weight excluding hydrogens is 220 g/mol. The third-order valence-corrected chi connectivity index (χ3v) is 3.98. The van der Waals surface area contributed by atoms with Gasteiger partial charge in [0.15, 0.2) is 17.6 Å². The number of carbonyl (C=O) groups excluding carboxylic acids is 2. The number of aryl methyl sites for hydroxylation is 1. The van der Waals surface area contributed by atoms with Gasteiger partial charge in [-0.25, -0.2) is 19.5 Å². The van der Waals surface area contributed by atoms with Crippen LogP contribution in [0.25, 0.3) is 0 Å². The zero-order valence-corrected chi connectivity index (χ0v) is 10.4. The van der Waals surface area contributed by atoms with E-state index in [9.17, 15) is 9.59 Å². The average Bonchev–Trinajstić information content (AvgIpc) is 2.87. The molecule has 3 heterocycles. The molecule has 1 aromatic rings. The molecule has 0 aliphatic carbocycles. The summed E-state index contributed by atoms with van der Waals surface area (Å²) in [5.74, 6) is 1.12. The second-order valence-electron chi connectivity index (χ2n) is 4.94. The Kier molecular flexibility index (Phi) is 1.70. The van der Waals surface area contributed by atoms with Crippen molar-refractivity contribution in [3.05, 3.63) is 11.5 Å². The van der Waals surface area contributed by atoms with Gasteiger partial charge in [-0.3, -0.25) is 0 Å². The summed E-state index contributed by atoms with van der Waals surface area (Å²) >= 11 is 0. The van der Waals surface area contributed by atoms with E-state index in [0.29, 0.717) is 18.1 Å². The predicted octanol–water partition coefficient (Wildman–Crippen LogP) is 0.657. The quantitative estimate of drug-likeness (QED) is 0.490. The van der Waals surface area contributed by atoms with Gasteiger partial charge in [-0.15, -0.1) is 0 Å². The Morgan fingerprint density at radius 3 is 2.47 bits per heavy atom. The molecule has 90 valence electrons. The number of quaternary nitrogens is 1. The lowest BCUT2D eigenvalue weighted by molar-refractivity contribution is -0.633. The Hall–Kier alpha value is -1.69. The molecule has 1 aromatic heterocycles. The Bertz CT molecular complexity index is 562. The summed E-state index contributed by atoms with van der Waals surface area (Å²) in [6.45, 7) is 4.36. The number of aromatic nitrogens is 2. The van der Waals surface area contributed by atoms with Gasteiger partial charge in [0.25, 0.3) is 0 Å². The molecule has 0 aromatic carbocycles. The fraction of sp³-hybridized carbons (Fsp3) is 0.545. The van der Waals surface area contributed by atoms with E-state index in [2.05, 4.69) is 4.98 Å². The van der Waals surface area contributed by atoms with Crippen molar-refractivity contribution in [1.29, 1.82) is 0 Å². The smallest absolute Gasteiger partial charge is 0.322 e. The number of nitrogens with zero attached hydrogens (tertiary/aromatic N) is 4. The van der Waals surface area contributed by atoms with Gasteiger partial charge >= 0.3 is 11.9 Å². The maximum absolute atomic E-state index is 12.5. The average molecular weight is 235 g/mol. The van der Waals surface area contributed by atoms with Crippen molar-refractivity contribution in [2.75, 3.05) is 18.5 Å². The first kappa shape index (κ1) is 10.5. The molecule has 17 heavy (non-hydrogen) atoms. The summed E-state index contributed by atoms with van der Waals surface area (Å²) in [5.41, 5.74) is 0.550. The molecule has 3 amide bonds. The fourth-order valence-corrected chi connectivity index (χ4v) is 2.62. The fourth-order valence-electron chi connectivity index (χ4n) is 2.62. The normalized spacial score (nSPS) is 31.1. The molecule has 2 aliphatic heterocycles. The second kappa shape index (κ2) is 2.76. The predicted molar refractivity (Wildman–Crippen MR) is 60.7 cm³/mol. The minimum atomic E-state index is -0.159. The molecular formula is C11H15N4O2+. The van der Waals surface area contributed by atoms with Crippen molar-refractivity contribution in [2.45, 2.75) is 19.9 Å². The van der Waals surface area contributed by atoms with Gasteiger partial charge in [0.2, 0.25) is 0 Å². The molecule has 6 heteroatoms. The summed E-state index contributed by atoms with van der Waals surface area (Å²) in [6, 6.07) is -0.0751. The molecule has 2 atom stereocenters. The van der Waals surface area contributed by atoms with Crippen LogP contribution in [-0.4, -0.2) is 45.6 Å². The van der Waals surface area contributed by atoms with Crippen LogP contribution in [-0.2, 0) is 7.05 Å². The Morgan fingerprint density at radius 1 is 1.35 bits per heavy atom. The van der Waals surface area contributed by atoms with E-state index in [1.54, 1.807) is 11.6 Å². The SMILES string of the molecule is Cc1nc2c(n1C)C(=O)[N+]1(CC1C)C(=O)N2C. The van der Waals surface area contributed by atoms with Crippen LogP contribution in [0.15, 0.2) is 0 Å². The van der Waals surface area contributed by atoms with Gasteiger partial charge in [0, 0.05) is 14.1 Å². The van der Waals surface area contributed by atoms with Gasteiger partial charge in [0.1, 0.15) is 12.4 Å². The summed E-state index contributed by atoms with van der Waals surface area (Å²) in [6.07, 6.45) is 0. The van der Waals surface area contributed by atoms with E-state index < -0.39 is 0 Å². The van der Waals surface area contributed by atoms with Crippen molar-refractivity contribution in [3.63, 3.8) is 0 Å². The summed E-state index contributed by atoms with van der Waals surface area (Å²) in [5, 5.41) is 0. The first-order valence-corrected chi connectivity index (χ1v) is 5.65. The van der Waals surface area contributed by atoms with Crippen molar-refractivity contribution >= 4 is 17.8 Å². The van der Waals surface area contributed by atoms with E-state index in [1.165, 1.54) is 4.90 Å². The number of imide groups is 1. The second-order valence-corrected chi connectivity index (χ2v) is 4.94. The molecule has 2 unspecified atom stereocenters.